The fraction of sp³-hybridized carbons (Fsp3) is 0.375. The standard InChI is InChI=1S/C24H25F2N7O2/c1-14(34)30-22-8-20(31-21-5-6-27-23(32-21)24(2,25)26)18(10-29-22)19-4-3-15(9-28-19)11-33-12-17-7-16(33)13-35-17/h3-6,8-10,16-17H,7,11-13H2,1-2H3,(H2,27,29,30,31,32,34)/t16-,17-/m1/s1. The Kier molecular flexibility index (Phi) is 6.12. The molecule has 0 radical (unpaired) electrons. The van der Waals surface area contributed by atoms with Gasteiger partial charge in [-0.2, -0.15) is 8.78 Å². The molecule has 2 aliphatic heterocycles. The van der Waals surface area contributed by atoms with E-state index >= 15 is 0 Å². The third-order valence-corrected chi connectivity index (χ3v) is 6.02. The summed E-state index contributed by atoms with van der Waals surface area (Å²) >= 11 is 0. The summed E-state index contributed by atoms with van der Waals surface area (Å²) in [5.74, 6) is -3.57. The number of ether oxygens (including phenoxy) is 1. The molecule has 2 fully saturated rings. The van der Waals surface area contributed by atoms with Crippen molar-refractivity contribution in [1.82, 2.24) is 24.8 Å². The van der Waals surface area contributed by atoms with Crippen LogP contribution in [0.2, 0.25) is 0 Å². The largest absolute Gasteiger partial charge is 0.375 e. The number of halogens is 2. The van der Waals surface area contributed by atoms with Gasteiger partial charge in [-0.25, -0.2) is 15.0 Å². The van der Waals surface area contributed by atoms with Crippen molar-refractivity contribution in [1.29, 1.82) is 0 Å². The SMILES string of the molecule is CC(=O)Nc1cc(Nc2ccnc(C(C)(F)F)n2)c(-c2ccc(CN3C[C@H]4C[C@@H]3CO4)cn2)cn1. The highest BCUT2D eigenvalue weighted by atomic mass is 19.3. The minimum absolute atomic E-state index is 0.181. The molecule has 2 N–H and O–H groups in total. The van der Waals surface area contributed by atoms with E-state index in [-0.39, 0.29) is 11.7 Å². The lowest BCUT2D eigenvalue weighted by Crippen LogP contribution is -2.36. The van der Waals surface area contributed by atoms with Crippen LogP contribution < -0.4 is 10.6 Å². The van der Waals surface area contributed by atoms with Gasteiger partial charge in [0.05, 0.1) is 24.1 Å². The van der Waals surface area contributed by atoms with Crippen molar-refractivity contribution < 1.29 is 18.3 Å². The van der Waals surface area contributed by atoms with Crippen molar-refractivity contribution in [3.8, 4) is 11.3 Å². The average Bonchev–Trinajstić information content (AvgIpc) is 3.43. The Morgan fingerprint density at radius 1 is 1.20 bits per heavy atom. The van der Waals surface area contributed by atoms with Gasteiger partial charge in [0.25, 0.3) is 0 Å². The minimum atomic E-state index is -3.18. The molecule has 3 aromatic heterocycles. The number of nitrogens with one attached hydrogen (secondary N) is 2. The highest BCUT2D eigenvalue weighted by Crippen LogP contribution is 2.32. The van der Waals surface area contributed by atoms with Crippen molar-refractivity contribution in [3.05, 3.63) is 54.2 Å². The van der Waals surface area contributed by atoms with Gasteiger partial charge in [0.15, 0.2) is 0 Å². The van der Waals surface area contributed by atoms with Crippen LogP contribution in [-0.4, -0.2) is 56.0 Å². The number of anilines is 3. The van der Waals surface area contributed by atoms with Gasteiger partial charge in [-0.05, 0) is 24.1 Å². The Morgan fingerprint density at radius 3 is 2.71 bits per heavy atom. The normalized spacial score (nSPS) is 19.7. The van der Waals surface area contributed by atoms with E-state index in [1.807, 2.05) is 18.3 Å². The minimum Gasteiger partial charge on any atom is -0.375 e. The summed E-state index contributed by atoms with van der Waals surface area (Å²) in [7, 11) is 0. The second-order valence-electron chi connectivity index (χ2n) is 8.90. The average molecular weight is 482 g/mol. The molecule has 5 rings (SSSR count). The molecule has 0 aromatic carbocycles. The fourth-order valence-corrected chi connectivity index (χ4v) is 4.37. The number of nitrogens with zero attached hydrogens (tertiary/aromatic N) is 5. The summed E-state index contributed by atoms with van der Waals surface area (Å²) in [4.78, 5) is 30.5. The van der Waals surface area contributed by atoms with Crippen molar-refractivity contribution >= 4 is 23.2 Å². The van der Waals surface area contributed by atoms with Crippen LogP contribution in [0, 0.1) is 0 Å². The first-order chi connectivity index (χ1) is 16.7. The van der Waals surface area contributed by atoms with Crippen LogP contribution in [-0.2, 0) is 22.0 Å². The number of alkyl halides is 2. The summed E-state index contributed by atoms with van der Waals surface area (Å²) in [6.07, 6.45) is 6.09. The lowest BCUT2D eigenvalue weighted by molar-refractivity contribution is -0.114. The van der Waals surface area contributed by atoms with Gasteiger partial charge < -0.3 is 15.4 Å². The smallest absolute Gasteiger partial charge is 0.303 e. The van der Waals surface area contributed by atoms with Gasteiger partial charge in [0.2, 0.25) is 11.7 Å². The maximum atomic E-state index is 13.7. The number of amides is 1. The summed E-state index contributed by atoms with van der Waals surface area (Å²) in [5, 5.41) is 5.68. The number of likely N-dealkylation sites (tertiary alicyclic amines) is 1. The molecule has 11 heteroatoms. The topological polar surface area (TPSA) is 105 Å². The number of pyridine rings is 2. The first-order valence-corrected chi connectivity index (χ1v) is 11.3. The Balaban J connectivity index is 1.41. The third kappa shape index (κ3) is 5.25. The Labute approximate surface area is 201 Å². The number of morpholine rings is 1. The molecule has 0 aliphatic carbocycles. The van der Waals surface area contributed by atoms with Gasteiger partial charge >= 0.3 is 5.92 Å². The summed E-state index contributed by atoms with van der Waals surface area (Å²) in [6.45, 7) is 4.64. The molecule has 0 spiro atoms. The van der Waals surface area contributed by atoms with Crippen LogP contribution in [0.3, 0.4) is 0 Å². The summed E-state index contributed by atoms with van der Waals surface area (Å²) < 4.78 is 33.1. The number of carbonyl (C=O) groups is 1. The molecule has 2 saturated heterocycles. The number of rotatable bonds is 7. The van der Waals surface area contributed by atoms with E-state index in [1.165, 1.54) is 19.2 Å². The maximum absolute atomic E-state index is 13.7. The van der Waals surface area contributed by atoms with Gasteiger partial charge in [0, 0.05) is 63.2 Å². The van der Waals surface area contributed by atoms with Crippen molar-refractivity contribution in [3.63, 3.8) is 0 Å². The van der Waals surface area contributed by atoms with Crippen LogP contribution in [0.25, 0.3) is 11.3 Å². The molecule has 35 heavy (non-hydrogen) atoms. The number of aromatic nitrogens is 4. The Bertz CT molecular complexity index is 1230. The monoisotopic (exact) mass is 481 g/mol. The Morgan fingerprint density at radius 2 is 2.06 bits per heavy atom. The number of hydrogen-bond acceptors (Lipinski definition) is 8. The summed E-state index contributed by atoms with van der Waals surface area (Å²) in [5.41, 5.74) is 2.86. The van der Waals surface area contributed by atoms with Gasteiger partial charge in [-0.1, -0.05) is 6.07 Å². The molecule has 1 amide bonds. The predicted molar refractivity (Wildman–Crippen MR) is 125 cm³/mol. The van der Waals surface area contributed by atoms with E-state index in [1.54, 1.807) is 12.3 Å². The fourth-order valence-electron chi connectivity index (χ4n) is 4.37. The molecular weight excluding hydrogens is 456 g/mol. The van der Waals surface area contributed by atoms with Crippen LogP contribution in [0.5, 0.6) is 0 Å². The lowest BCUT2D eigenvalue weighted by Gasteiger charge is -2.26. The molecule has 0 unspecified atom stereocenters. The zero-order valence-electron chi connectivity index (χ0n) is 19.3. The van der Waals surface area contributed by atoms with E-state index in [2.05, 4.69) is 35.5 Å². The van der Waals surface area contributed by atoms with Crippen molar-refractivity contribution in [2.24, 2.45) is 0 Å². The van der Waals surface area contributed by atoms with E-state index in [4.69, 9.17) is 4.74 Å². The molecular formula is C24H25F2N7O2. The molecule has 3 aromatic rings. The molecule has 0 saturated carbocycles. The Hall–Kier alpha value is -3.57. The third-order valence-electron chi connectivity index (χ3n) is 6.02. The molecule has 9 nitrogen and oxygen atoms in total. The molecule has 5 heterocycles. The second kappa shape index (κ2) is 9.23. The van der Waals surface area contributed by atoms with Crippen LogP contribution >= 0.6 is 0 Å². The molecule has 2 atom stereocenters. The molecule has 2 aliphatic rings. The van der Waals surface area contributed by atoms with Crippen molar-refractivity contribution in [2.45, 2.75) is 44.9 Å². The highest BCUT2D eigenvalue weighted by molar-refractivity contribution is 5.89. The highest BCUT2D eigenvalue weighted by Gasteiger charge is 2.38. The number of hydrogen-bond donors (Lipinski definition) is 2. The summed E-state index contributed by atoms with van der Waals surface area (Å²) in [6, 6.07) is 7.47. The predicted octanol–water partition coefficient (Wildman–Crippen LogP) is 3.72. The zero-order valence-corrected chi connectivity index (χ0v) is 19.3. The van der Waals surface area contributed by atoms with Gasteiger partial charge in [-0.3, -0.25) is 14.7 Å². The van der Waals surface area contributed by atoms with Crippen LogP contribution in [0.1, 0.15) is 31.7 Å². The number of fused-ring (bicyclic) bond motifs is 2. The molecule has 182 valence electrons. The first kappa shape index (κ1) is 23.2. The van der Waals surface area contributed by atoms with Crippen LogP contribution in [0.4, 0.5) is 26.1 Å². The maximum Gasteiger partial charge on any atom is 0.303 e. The number of carbonyl (C=O) groups excluding carboxylic acids is 1. The van der Waals surface area contributed by atoms with Crippen molar-refractivity contribution in [2.75, 3.05) is 23.8 Å². The second-order valence-corrected chi connectivity index (χ2v) is 8.90. The first-order valence-electron chi connectivity index (χ1n) is 11.3. The van der Waals surface area contributed by atoms with Gasteiger partial charge in [-0.15, -0.1) is 0 Å². The van der Waals surface area contributed by atoms with E-state index in [9.17, 15) is 13.6 Å². The molecule has 2 bridgehead atoms. The zero-order chi connectivity index (χ0) is 24.6. The van der Waals surface area contributed by atoms with Crippen LogP contribution in [0.15, 0.2) is 42.9 Å². The lowest BCUT2D eigenvalue weighted by atomic mass is 10.1. The van der Waals surface area contributed by atoms with Gasteiger partial charge in [0.1, 0.15) is 11.6 Å². The van der Waals surface area contributed by atoms with E-state index < -0.39 is 11.7 Å². The van der Waals surface area contributed by atoms with E-state index in [0.717, 1.165) is 38.6 Å². The quantitative estimate of drug-likeness (QED) is 0.526. The van der Waals surface area contributed by atoms with E-state index in [0.29, 0.717) is 34.9 Å².